The average molecular weight is 725 g/mol. The number of imide groups is 1. The van der Waals surface area contributed by atoms with E-state index in [4.69, 9.17) is 14.9 Å². The lowest BCUT2D eigenvalue weighted by atomic mass is 9.49. The van der Waals surface area contributed by atoms with Crippen molar-refractivity contribution in [3.8, 4) is 0 Å². The fourth-order valence-electron chi connectivity index (χ4n) is 8.86. The van der Waals surface area contributed by atoms with E-state index in [0.717, 1.165) is 60.6 Å². The van der Waals surface area contributed by atoms with Crippen molar-refractivity contribution >= 4 is 41.9 Å². The fraction of sp³-hybridized carbons (Fsp3) is 0.605. The molecule has 3 fully saturated rings. The summed E-state index contributed by atoms with van der Waals surface area (Å²) in [6.07, 6.45) is 4.60. The first-order valence-corrected chi connectivity index (χ1v) is 23.0. The number of ether oxygens (including phenoxy) is 1. The Balaban J connectivity index is 1.24. The van der Waals surface area contributed by atoms with Gasteiger partial charge in [0, 0.05) is 33.4 Å². The number of hydrogen-bond donors (Lipinski definition) is 1. The Bertz CT molecular complexity index is 1800. The molecule has 3 aliphatic carbocycles. The maximum Gasteiger partial charge on any atom is 0.262 e. The second-order valence-corrected chi connectivity index (χ2v) is 24.8. The first-order valence-electron chi connectivity index (χ1n) is 18.0. The van der Waals surface area contributed by atoms with Gasteiger partial charge in [0.15, 0.2) is 0 Å². The highest BCUT2D eigenvalue weighted by atomic mass is 32.2. The van der Waals surface area contributed by atoms with Gasteiger partial charge in [-0.25, -0.2) is 18.0 Å². The molecular weight excluding hydrogens is 675 g/mol. The minimum Gasteiger partial charge on any atom is -0.361 e. The monoisotopic (exact) mass is 724 g/mol. The van der Waals surface area contributed by atoms with Crippen LogP contribution in [0.1, 0.15) is 109 Å². The summed E-state index contributed by atoms with van der Waals surface area (Å²) in [7, 11) is -2.93. The number of hydrogen-bond acceptors (Lipinski definition) is 5. The molecule has 2 heterocycles. The van der Waals surface area contributed by atoms with Gasteiger partial charge in [-0.1, -0.05) is 37.8 Å². The fourth-order valence-corrected chi connectivity index (χ4v) is 9.98. The van der Waals surface area contributed by atoms with Crippen LogP contribution in [-0.2, 0) is 22.5 Å². The number of aromatic nitrogens is 2. The largest absolute Gasteiger partial charge is 0.361 e. The van der Waals surface area contributed by atoms with E-state index in [0.29, 0.717) is 30.9 Å². The zero-order valence-corrected chi connectivity index (χ0v) is 31.7. The number of alkyl halides is 2. The summed E-state index contributed by atoms with van der Waals surface area (Å²) in [6, 6.07) is 13.7. The molecule has 0 radical (unpaired) electrons. The van der Waals surface area contributed by atoms with E-state index in [-0.39, 0.29) is 47.8 Å². The molecule has 1 aromatic heterocycles. The van der Waals surface area contributed by atoms with Crippen molar-refractivity contribution in [2.45, 2.75) is 120 Å². The number of fused-ring (bicyclic) bond motifs is 2. The van der Waals surface area contributed by atoms with Crippen LogP contribution < -0.4 is 5.14 Å². The van der Waals surface area contributed by atoms with Gasteiger partial charge in [-0.15, -0.1) is 0 Å². The number of benzene rings is 2. The number of rotatable bonds is 14. The van der Waals surface area contributed by atoms with Gasteiger partial charge in [0.25, 0.3) is 11.8 Å². The molecule has 7 rings (SSSR count). The molecular formula is C38H50F2N4O4SSi. The summed E-state index contributed by atoms with van der Waals surface area (Å²) < 4.78 is 48.2. The highest BCUT2D eigenvalue weighted by molar-refractivity contribution is 7.84. The smallest absolute Gasteiger partial charge is 0.262 e. The summed E-state index contributed by atoms with van der Waals surface area (Å²) in [5.74, 6) is -1.94. The Hall–Kier alpha value is -2.80. The third-order valence-corrected chi connectivity index (χ3v) is 14.5. The van der Waals surface area contributed by atoms with Crippen LogP contribution in [0.3, 0.4) is 0 Å². The van der Waals surface area contributed by atoms with Crippen molar-refractivity contribution in [1.29, 1.82) is 0 Å². The maximum absolute atomic E-state index is 13.9. The van der Waals surface area contributed by atoms with E-state index in [1.807, 2.05) is 32.0 Å². The van der Waals surface area contributed by atoms with E-state index in [1.165, 1.54) is 4.90 Å². The number of amides is 2. The first-order chi connectivity index (χ1) is 23.5. The molecule has 50 heavy (non-hydrogen) atoms. The molecule has 8 nitrogen and oxygen atoms in total. The van der Waals surface area contributed by atoms with E-state index in [9.17, 15) is 22.6 Å². The van der Waals surface area contributed by atoms with Crippen LogP contribution in [0.4, 0.5) is 8.78 Å². The van der Waals surface area contributed by atoms with Crippen LogP contribution in [0.5, 0.6) is 0 Å². The molecule has 3 saturated carbocycles. The predicted octanol–water partition coefficient (Wildman–Crippen LogP) is 8.19. The first kappa shape index (κ1) is 35.6. The normalized spacial score (nSPS) is 22.0. The lowest BCUT2D eigenvalue weighted by molar-refractivity contribution is -0.207. The second-order valence-electron chi connectivity index (χ2n) is 17.5. The minimum absolute atomic E-state index is 0.0268. The molecule has 4 aliphatic rings. The van der Waals surface area contributed by atoms with Gasteiger partial charge in [-0.3, -0.25) is 19.6 Å². The third-order valence-electron chi connectivity index (χ3n) is 11.5. The summed E-state index contributed by atoms with van der Waals surface area (Å²) in [6.45, 7) is 11.7. The summed E-state index contributed by atoms with van der Waals surface area (Å²) in [5, 5.41) is 6.01. The van der Waals surface area contributed by atoms with Gasteiger partial charge in [-0.05, 0) is 105 Å². The van der Waals surface area contributed by atoms with Crippen LogP contribution in [0.2, 0.25) is 25.7 Å². The second kappa shape index (κ2) is 12.7. The Labute approximate surface area is 297 Å². The van der Waals surface area contributed by atoms with Crippen molar-refractivity contribution in [2.75, 3.05) is 6.61 Å². The van der Waals surface area contributed by atoms with Gasteiger partial charge in [0.1, 0.15) is 12.6 Å². The van der Waals surface area contributed by atoms with Gasteiger partial charge in [0.2, 0.25) is 5.92 Å². The van der Waals surface area contributed by atoms with E-state index in [2.05, 4.69) is 24.2 Å². The summed E-state index contributed by atoms with van der Waals surface area (Å²) >= 11 is 0. The molecule has 1 spiro atoms. The van der Waals surface area contributed by atoms with Crippen LogP contribution in [0.15, 0.2) is 42.5 Å². The molecule has 3 atom stereocenters. The molecule has 12 heteroatoms. The van der Waals surface area contributed by atoms with Crippen LogP contribution in [0.25, 0.3) is 11.0 Å². The maximum atomic E-state index is 13.9. The molecule has 3 aromatic rings. The number of halogens is 2. The van der Waals surface area contributed by atoms with Crippen LogP contribution in [-0.4, -0.2) is 55.8 Å². The van der Waals surface area contributed by atoms with E-state index < -0.39 is 35.8 Å². The van der Waals surface area contributed by atoms with E-state index >= 15 is 0 Å². The number of imidazole rings is 1. The number of nitrogens with zero attached hydrogens (tertiary/aromatic N) is 3. The van der Waals surface area contributed by atoms with Gasteiger partial charge in [-0.2, -0.15) is 0 Å². The molecule has 2 amide bonds. The van der Waals surface area contributed by atoms with Crippen LogP contribution >= 0.6 is 0 Å². The molecule has 2 aromatic carbocycles. The standard InChI is InChI=1S/C38H50F2N4O4SSi/c1-36(2,49(41)47)20-27(16-24-18-37(19-24)21-38(39,40)22-37)33-42-30-17-26(12-13-31(30)43(33)23-48-14-15-50(3,4)5)32(25-10-11-25)44-34(45)28-8-6-7-9-29(28)35(44)46/h6-9,12-13,17,24-25,27,32H,10-11,14-16,18-23,41H2,1-5H3/t27-,32+,49?/m0/s1. The Morgan fingerprint density at radius 3 is 2.26 bits per heavy atom. The average Bonchev–Trinajstić information content (AvgIpc) is 3.73. The highest BCUT2D eigenvalue weighted by Crippen LogP contribution is 2.66. The Kier molecular flexibility index (Phi) is 9.04. The third kappa shape index (κ3) is 6.89. The predicted molar refractivity (Wildman–Crippen MR) is 194 cm³/mol. The molecule has 0 bridgehead atoms. The van der Waals surface area contributed by atoms with Crippen molar-refractivity contribution in [3.63, 3.8) is 0 Å². The van der Waals surface area contributed by atoms with Gasteiger partial charge in [0.05, 0.1) is 43.9 Å². The highest BCUT2D eigenvalue weighted by Gasteiger charge is 2.61. The quantitative estimate of drug-likeness (QED) is 0.103. The van der Waals surface area contributed by atoms with Crippen molar-refractivity contribution < 1.29 is 27.3 Å². The molecule has 2 N–H and O–H groups in total. The molecule has 0 saturated heterocycles. The van der Waals surface area contributed by atoms with Crippen molar-refractivity contribution in [1.82, 2.24) is 14.5 Å². The Morgan fingerprint density at radius 1 is 1.06 bits per heavy atom. The lowest BCUT2D eigenvalue weighted by Gasteiger charge is -2.58. The van der Waals surface area contributed by atoms with Crippen molar-refractivity contribution in [2.24, 2.45) is 22.4 Å². The SMILES string of the molecule is CC(C)(C[C@H](CC1CC2(C1)CC(F)(F)C2)c1nc2cc([C@@H](C3CC3)N3C(=O)c4ccccc4C3=O)ccc2n1COCC[Si](C)(C)C)S(N)=O. The summed E-state index contributed by atoms with van der Waals surface area (Å²) in [5.41, 5.74) is 3.14. The molecule has 1 aliphatic heterocycles. The molecule has 1 unspecified atom stereocenters. The van der Waals surface area contributed by atoms with E-state index in [1.54, 1.807) is 24.3 Å². The number of carbonyl (C=O) groups excluding carboxylic acids is 2. The van der Waals surface area contributed by atoms with Gasteiger partial charge >= 0.3 is 0 Å². The number of nitrogens with two attached hydrogens (primary N) is 1. The Morgan fingerprint density at radius 2 is 1.70 bits per heavy atom. The molecule has 270 valence electrons. The van der Waals surface area contributed by atoms with Gasteiger partial charge < -0.3 is 9.30 Å². The van der Waals surface area contributed by atoms with Crippen LogP contribution in [0, 0.1) is 17.3 Å². The topological polar surface area (TPSA) is 108 Å². The summed E-state index contributed by atoms with van der Waals surface area (Å²) in [4.78, 5) is 33.9. The van der Waals surface area contributed by atoms with Crippen molar-refractivity contribution in [3.05, 3.63) is 65.0 Å². The zero-order chi connectivity index (χ0) is 35.8. The lowest BCUT2D eigenvalue weighted by Crippen LogP contribution is -2.53. The zero-order valence-electron chi connectivity index (χ0n) is 29.8. The number of carbonyl (C=O) groups is 2. The minimum atomic E-state index is -2.55.